The SMILES string of the molecule is C.CC(=O)NCCCC(CC(=O)C(N)C(C)C)C(=O)C(C)(C)C.CC(C)(C)C(=O)C(CCCCN)CC(=O)C(N)Cc1ccccc1.CC(C)C.CC(C)C.CC(C)C.CC(C)C.CC(C)C(C)C(=O)NC(CCCNC(N)=O)C(=O)C(C)(C)C.CC(CC(=O)C(N)C(C)C)C(=O)C(C)(C)C. The molecule has 0 aromatic heterocycles. The highest BCUT2D eigenvalue weighted by molar-refractivity contribution is 5.95. The number of ketones is 7. The summed E-state index contributed by atoms with van der Waals surface area (Å²) in [5, 5.41) is 8.06. The Morgan fingerprint density at radius 2 is 0.762 bits per heavy atom. The molecule has 0 aliphatic carbocycles. The van der Waals surface area contributed by atoms with Crippen LogP contribution in [-0.4, -0.2) is 102 Å². The second-order valence-electron chi connectivity index (χ2n) is 35.0. The van der Waals surface area contributed by atoms with Gasteiger partial charge in [0.25, 0.3) is 0 Å². The zero-order chi connectivity index (χ0) is 80.6. The summed E-state index contributed by atoms with van der Waals surface area (Å²) >= 11 is 0. The van der Waals surface area contributed by atoms with Crippen molar-refractivity contribution in [2.45, 2.75) is 331 Å². The van der Waals surface area contributed by atoms with Crippen LogP contribution in [0.5, 0.6) is 0 Å². The molecule has 4 amide bonds. The lowest BCUT2D eigenvalue weighted by Crippen LogP contribution is -2.48. The lowest BCUT2D eigenvalue weighted by atomic mass is 9.78. The molecular weight excluding hydrogens is 1270 g/mol. The smallest absolute Gasteiger partial charge is 0.312 e. The third-order valence-corrected chi connectivity index (χ3v) is 14.6. The van der Waals surface area contributed by atoms with Gasteiger partial charge in [0.2, 0.25) is 11.8 Å². The number of primary amides is 1. The summed E-state index contributed by atoms with van der Waals surface area (Å²) in [4.78, 5) is 120. The molecule has 0 aliphatic heterocycles. The first-order chi connectivity index (χ1) is 45.2. The quantitative estimate of drug-likeness (QED) is 0.0311. The van der Waals surface area contributed by atoms with Crippen LogP contribution in [0.3, 0.4) is 0 Å². The molecule has 0 heterocycles. The Bertz CT molecular complexity index is 2280. The number of benzene rings is 1. The molecule has 0 bridgehead atoms. The highest BCUT2D eigenvalue weighted by atomic mass is 16.2. The maximum Gasteiger partial charge on any atom is 0.312 e. The van der Waals surface area contributed by atoms with Gasteiger partial charge in [-0.2, -0.15) is 0 Å². The first-order valence-electron chi connectivity index (χ1n) is 37.5. The average molecular weight is 1430 g/mol. The standard InChI is InChI=1S/C20H32N2O2.C17H32N2O3.C16H31N3O3.C13H25NO2.4C4H10.CH4/c1-20(2,3)19(24)16(11-7-8-12-21)14-18(23)17(22)13-15-9-5-4-6-10-15;1-11(2)15(18)14(21)10-13(16(22)17(4,5)6)8-7-9-19-12(3)20;1-10(2)11(3)14(21)19-12(13(20)16(4,5)6)8-7-9-18-15(17)22;1-8(2)11(14)10(15)7-9(3)12(16)13(4,5)6;4*1-4(2)3;/h4-6,9-10,16-17H,7-8,11-14,21-22H2,1-3H3;11,13,15H,7-10,18H2,1-6H3,(H,19,20);10-12H,7-9H2,1-6H3,(H,19,21)(H3,17,18,22);8-9,11H,7,14H2,1-6H3;4*4H,1-3H3;1H4. The van der Waals surface area contributed by atoms with E-state index in [4.69, 9.17) is 28.7 Å². The van der Waals surface area contributed by atoms with Crippen LogP contribution in [0.25, 0.3) is 0 Å². The summed E-state index contributed by atoms with van der Waals surface area (Å²) < 4.78 is 0. The van der Waals surface area contributed by atoms with E-state index in [1.807, 2.05) is 162 Å². The van der Waals surface area contributed by atoms with E-state index in [9.17, 15) is 47.9 Å². The summed E-state index contributed by atoms with van der Waals surface area (Å²) in [7, 11) is 0. The van der Waals surface area contributed by atoms with Gasteiger partial charge in [-0.3, -0.25) is 43.2 Å². The molecule has 0 aliphatic rings. The van der Waals surface area contributed by atoms with Crippen LogP contribution in [-0.2, 0) is 49.6 Å². The maximum absolute atomic E-state index is 12.7. The average Bonchev–Trinajstić information content (AvgIpc) is 0.875. The van der Waals surface area contributed by atoms with Crippen molar-refractivity contribution >= 4 is 58.3 Å². The Morgan fingerprint density at radius 1 is 0.426 bits per heavy atom. The van der Waals surface area contributed by atoms with Crippen LogP contribution in [0.4, 0.5) is 4.79 Å². The van der Waals surface area contributed by atoms with Crippen molar-refractivity contribution in [2.75, 3.05) is 19.6 Å². The first kappa shape index (κ1) is 112. The monoisotopic (exact) mass is 1430 g/mol. The highest BCUT2D eigenvalue weighted by Gasteiger charge is 2.35. The first-order valence-corrected chi connectivity index (χ1v) is 37.5. The van der Waals surface area contributed by atoms with E-state index in [1.165, 1.54) is 6.92 Å². The zero-order valence-electron chi connectivity index (χ0n) is 70.4. The minimum Gasteiger partial charge on any atom is -0.356 e. The van der Waals surface area contributed by atoms with E-state index < -0.39 is 46.4 Å². The van der Waals surface area contributed by atoms with Gasteiger partial charge in [0.15, 0.2) is 17.3 Å². The predicted molar refractivity (Wildman–Crippen MR) is 429 cm³/mol. The lowest BCUT2D eigenvalue weighted by molar-refractivity contribution is -0.134. The van der Waals surface area contributed by atoms with Crippen molar-refractivity contribution < 1.29 is 47.9 Å². The van der Waals surface area contributed by atoms with E-state index in [0.717, 1.165) is 42.1 Å². The van der Waals surface area contributed by atoms with Crippen molar-refractivity contribution in [1.29, 1.82) is 0 Å². The van der Waals surface area contributed by atoms with Gasteiger partial charge in [0.05, 0.1) is 24.2 Å². The number of unbranched alkanes of at least 4 members (excludes halogenated alkanes) is 1. The molecule has 0 saturated carbocycles. The Morgan fingerprint density at radius 3 is 1.09 bits per heavy atom. The lowest BCUT2D eigenvalue weighted by Gasteiger charge is -2.27. The number of hydrogen-bond acceptors (Lipinski definition) is 14. The molecule has 101 heavy (non-hydrogen) atoms. The fourth-order valence-corrected chi connectivity index (χ4v) is 8.71. The van der Waals surface area contributed by atoms with Gasteiger partial charge in [-0.05, 0) is 98.5 Å². The summed E-state index contributed by atoms with van der Waals surface area (Å²) in [6, 6.07) is 7.08. The second-order valence-corrected chi connectivity index (χ2v) is 35.0. The van der Waals surface area contributed by atoms with E-state index in [2.05, 4.69) is 99.0 Å². The van der Waals surface area contributed by atoms with E-state index in [0.29, 0.717) is 58.2 Å². The number of urea groups is 1. The summed E-state index contributed by atoms with van der Waals surface area (Å²) in [5.41, 5.74) is 27.5. The molecule has 0 spiro atoms. The minimum atomic E-state index is -0.587. The Labute approximate surface area is 621 Å². The van der Waals surface area contributed by atoms with Crippen LogP contribution in [0.15, 0.2) is 30.3 Å². The predicted octanol–water partition coefficient (Wildman–Crippen LogP) is 16.2. The van der Waals surface area contributed by atoms with Crippen molar-refractivity contribution in [3.05, 3.63) is 35.9 Å². The number of hydrogen-bond donors (Lipinski definition) is 8. The number of carbonyl (C=O) groups is 10. The van der Waals surface area contributed by atoms with E-state index in [-0.39, 0.29) is 126 Å². The summed E-state index contributed by atoms with van der Waals surface area (Å²) in [6.07, 6.45) is 5.96. The van der Waals surface area contributed by atoms with Crippen LogP contribution in [0.1, 0.15) is 306 Å². The van der Waals surface area contributed by atoms with Crippen molar-refractivity contribution in [3.8, 4) is 0 Å². The molecule has 18 nitrogen and oxygen atoms in total. The third kappa shape index (κ3) is 67.9. The topological polar surface area (TPSA) is 337 Å². The Hall–Kier alpha value is -5.04. The molecule has 0 radical (unpaired) electrons. The van der Waals surface area contributed by atoms with Crippen molar-refractivity contribution in [2.24, 2.45) is 115 Å². The van der Waals surface area contributed by atoms with E-state index in [1.54, 1.807) is 6.92 Å². The molecule has 596 valence electrons. The number of nitrogens with one attached hydrogen (secondary N) is 3. The fourth-order valence-electron chi connectivity index (χ4n) is 8.71. The molecule has 13 N–H and O–H groups in total. The minimum absolute atomic E-state index is 0. The molecule has 18 heteroatoms. The largest absolute Gasteiger partial charge is 0.356 e. The van der Waals surface area contributed by atoms with Gasteiger partial charge in [0, 0.05) is 84.6 Å². The van der Waals surface area contributed by atoms with Crippen LogP contribution in [0.2, 0.25) is 0 Å². The molecule has 1 aromatic rings. The normalized spacial score (nSPS) is 13.6. The van der Waals surface area contributed by atoms with Crippen LogP contribution < -0.4 is 44.6 Å². The third-order valence-electron chi connectivity index (χ3n) is 14.6. The molecule has 8 atom stereocenters. The van der Waals surface area contributed by atoms with Gasteiger partial charge in [-0.1, -0.05) is 266 Å². The van der Waals surface area contributed by atoms with Crippen molar-refractivity contribution in [1.82, 2.24) is 16.0 Å². The number of amides is 4. The molecule has 8 unspecified atom stereocenters. The van der Waals surface area contributed by atoms with Gasteiger partial charge < -0.3 is 44.6 Å². The van der Waals surface area contributed by atoms with Crippen LogP contribution in [0, 0.1) is 86.8 Å². The number of Topliss-reactive ketones (excluding diaryl/α,β-unsaturated/α-hetero) is 7. The zero-order valence-corrected chi connectivity index (χ0v) is 70.4. The van der Waals surface area contributed by atoms with Gasteiger partial charge in [-0.25, -0.2) is 4.79 Å². The number of nitrogens with two attached hydrogens (primary N) is 5. The van der Waals surface area contributed by atoms with Gasteiger partial charge in [0.1, 0.15) is 23.1 Å². The molecular formula is C83H164N8O10. The fraction of sp³-hybridized carbons (Fsp3) is 0.807. The summed E-state index contributed by atoms with van der Waals surface area (Å²) in [6.45, 7) is 66.6. The highest BCUT2D eigenvalue weighted by Crippen LogP contribution is 2.29. The molecule has 1 aromatic carbocycles. The van der Waals surface area contributed by atoms with Gasteiger partial charge in [-0.15, -0.1) is 0 Å². The second kappa shape index (κ2) is 59.2. The number of rotatable bonds is 32. The molecule has 0 saturated heterocycles. The van der Waals surface area contributed by atoms with Crippen LogP contribution >= 0.6 is 0 Å². The molecule has 0 fully saturated rings. The molecule has 1 rings (SSSR count). The van der Waals surface area contributed by atoms with Crippen molar-refractivity contribution in [3.63, 3.8) is 0 Å². The van der Waals surface area contributed by atoms with Gasteiger partial charge >= 0.3 is 6.03 Å². The number of carbonyl (C=O) groups excluding carboxylic acids is 10. The summed E-state index contributed by atoms with van der Waals surface area (Å²) in [5.74, 6) is 2.80. The maximum atomic E-state index is 12.7. The Balaban J connectivity index is -0.000000177. The van der Waals surface area contributed by atoms with E-state index >= 15 is 0 Å². The Kier molecular flexibility index (Phi) is 65.6.